The van der Waals surface area contributed by atoms with Crippen LogP contribution >= 0.6 is 0 Å². The molecule has 3 aromatic carbocycles. The van der Waals surface area contributed by atoms with Crippen molar-refractivity contribution < 1.29 is 32.2 Å². The standard InChI is InChI=1S/C34H33F4NO3/c1-2-42-31-14-12-26(19-30(31)34(36,37)38)28-6-3-5-25-18-27(33(40)41)11-13-29(25)32(28)24-9-7-22(8-10-24)17-23-20-39(21-23)16-4-15-35/h7-14,17-19H,2-6,15-16,20-21H2,1H3,(H,40,41). The van der Waals surface area contributed by atoms with E-state index >= 15 is 0 Å². The molecule has 42 heavy (non-hydrogen) atoms. The van der Waals surface area contributed by atoms with Crippen LogP contribution in [0.5, 0.6) is 5.75 Å². The Bertz CT molecular complexity index is 1510. The lowest BCUT2D eigenvalue weighted by molar-refractivity contribution is -0.138. The maximum Gasteiger partial charge on any atom is 0.419 e. The molecule has 1 heterocycles. The second-order valence-electron chi connectivity index (χ2n) is 10.7. The monoisotopic (exact) mass is 579 g/mol. The smallest absolute Gasteiger partial charge is 0.419 e. The van der Waals surface area contributed by atoms with Crippen LogP contribution < -0.4 is 4.74 Å². The van der Waals surface area contributed by atoms with E-state index in [1.54, 1.807) is 31.2 Å². The van der Waals surface area contributed by atoms with Crippen molar-refractivity contribution in [3.63, 3.8) is 0 Å². The molecule has 0 atom stereocenters. The molecule has 3 aromatic rings. The van der Waals surface area contributed by atoms with Gasteiger partial charge in [0.15, 0.2) is 0 Å². The van der Waals surface area contributed by atoms with Gasteiger partial charge in [-0.25, -0.2) is 4.79 Å². The zero-order valence-corrected chi connectivity index (χ0v) is 23.4. The van der Waals surface area contributed by atoms with Crippen LogP contribution in [-0.4, -0.2) is 48.9 Å². The second kappa shape index (κ2) is 12.5. The summed E-state index contributed by atoms with van der Waals surface area (Å²) in [7, 11) is 0. The van der Waals surface area contributed by atoms with Crippen LogP contribution in [0.15, 0.2) is 66.2 Å². The topological polar surface area (TPSA) is 49.8 Å². The van der Waals surface area contributed by atoms with Crippen molar-refractivity contribution in [1.29, 1.82) is 0 Å². The van der Waals surface area contributed by atoms with Crippen LogP contribution in [0.3, 0.4) is 0 Å². The minimum Gasteiger partial charge on any atom is -0.493 e. The van der Waals surface area contributed by atoms with Gasteiger partial charge in [0.2, 0.25) is 0 Å². The first-order valence-electron chi connectivity index (χ1n) is 14.2. The number of halogens is 4. The van der Waals surface area contributed by atoms with Crippen molar-refractivity contribution in [1.82, 2.24) is 4.90 Å². The summed E-state index contributed by atoms with van der Waals surface area (Å²) in [5.74, 6) is -1.22. The molecular weight excluding hydrogens is 546 g/mol. The van der Waals surface area contributed by atoms with Crippen LogP contribution in [0, 0.1) is 0 Å². The highest BCUT2D eigenvalue weighted by Gasteiger charge is 2.35. The van der Waals surface area contributed by atoms with Crippen molar-refractivity contribution in [3.8, 4) is 5.75 Å². The summed E-state index contributed by atoms with van der Waals surface area (Å²) >= 11 is 0. The first-order valence-corrected chi connectivity index (χ1v) is 14.2. The lowest BCUT2D eigenvalue weighted by atomic mass is 9.86. The normalized spacial score (nSPS) is 15.6. The lowest BCUT2D eigenvalue weighted by Crippen LogP contribution is -2.40. The van der Waals surface area contributed by atoms with Crippen molar-refractivity contribution in [2.75, 3.05) is 32.9 Å². The number of likely N-dealkylation sites (tertiary alicyclic amines) is 1. The third kappa shape index (κ3) is 6.44. The van der Waals surface area contributed by atoms with Crippen molar-refractivity contribution >= 4 is 23.2 Å². The summed E-state index contributed by atoms with van der Waals surface area (Å²) < 4.78 is 60.0. The molecule has 1 fully saturated rings. The number of hydrogen-bond acceptors (Lipinski definition) is 3. The third-order valence-corrected chi connectivity index (χ3v) is 7.76. The van der Waals surface area contributed by atoms with Crippen molar-refractivity contribution in [3.05, 3.63) is 105 Å². The number of alkyl halides is 4. The van der Waals surface area contributed by atoms with E-state index in [4.69, 9.17) is 4.74 Å². The van der Waals surface area contributed by atoms with E-state index in [-0.39, 0.29) is 24.6 Å². The molecule has 0 saturated carbocycles. The van der Waals surface area contributed by atoms with Gasteiger partial charge in [-0.3, -0.25) is 9.29 Å². The summed E-state index contributed by atoms with van der Waals surface area (Å²) in [4.78, 5) is 13.9. The zero-order valence-electron chi connectivity index (χ0n) is 23.4. The molecular formula is C34H33F4NO3. The summed E-state index contributed by atoms with van der Waals surface area (Å²) in [6, 6.07) is 17.2. The number of rotatable bonds is 9. The number of allylic oxidation sites excluding steroid dienone is 1. The van der Waals surface area contributed by atoms with Crippen molar-refractivity contribution in [2.24, 2.45) is 0 Å². The molecule has 2 aliphatic rings. The van der Waals surface area contributed by atoms with Gasteiger partial charge in [-0.05, 0) is 101 Å². The number of carboxylic acid groups (broad SMARTS) is 1. The highest BCUT2D eigenvalue weighted by atomic mass is 19.4. The number of carboxylic acids is 1. The van der Waals surface area contributed by atoms with Gasteiger partial charge in [-0.15, -0.1) is 0 Å². The van der Waals surface area contributed by atoms with E-state index in [0.717, 1.165) is 53.0 Å². The molecule has 8 heteroatoms. The number of benzene rings is 3. The maximum absolute atomic E-state index is 14.1. The Kier molecular flexibility index (Phi) is 8.82. The Balaban J connectivity index is 1.59. The molecule has 1 aliphatic heterocycles. The summed E-state index contributed by atoms with van der Waals surface area (Å²) in [6.45, 7) is 3.83. The number of nitrogens with zero attached hydrogens (tertiary/aromatic N) is 1. The summed E-state index contributed by atoms with van der Waals surface area (Å²) in [6.07, 6.45) is -0.139. The van der Waals surface area contributed by atoms with Gasteiger partial charge in [-0.1, -0.05) is 42.5 Å². The van der Waals surface area contributed by atoms with E-state index in [9.17, 15) is 27.5 Å². The Labute approximate surface area is 242 Å². The lowest BCUT2D eigenvalue weighted by Gasteiger charge is -2.33. The second-order valence-corrected chi connectivity index (χ2v) is 10.7. The average Bonchev–Trinajstić information content (AvgIpc) is 3.13. The molecule has 1 saturated heterocycles. The molecule has 0 unspecified atom stereocenters. The van der Waals surface area contributed by atoms with E-state index in [1.807, 2.05) is 24.3 Å². The molecule has 4 nitrogen and oxygen atoms in total. The van der Waals surface area contributed by atoms with Gasteiger partial charge in [-0.2, -0.15) is 13.2 Å². The fourth-order valence-corrected chi connectivity index (χ4v) is 5.80. The summed E-state index contributed by atoms with van der Waals surface area (Å²) in [5, 5.41) is 9.58. The molecule has 0 amide bonds. The van der Waals surface area contributed by atoms with Crippen molar-refractivity contribution in [2.45, 2.75) is 38.8 Å². The minimum absolute atomic E-state index is 0.119. The Morgan fingerprint density at radius 2 is 1.74 bits per heavy atom. The molecule has 0 spiro atoms. The molecule has 0 aromatic heterocycles. The molecule has 220 valence electrons. The number of aromatic carboxylic acids is 1. The highest BCUT2D eigenvalue weighted by Crippen LogP contribution is 2.43. The van der Waals surface area contributed by atoms with Gasteiger partial charge in [0.25, 0.3) is 0 Å². The maximum atomic E-state index is 14.1. The number of ether oxygens (including phenoxy) is 1. The molecule has 0 radical (unpaired) electrons. The predicted octanol–water partition coefficient (Wildman–Crippen LogP) is 8.16. The van der Waals surface area contributed by atoms with Gasteiger partial charge < -0.3 is 9.84 Å². The molecule has 1 aliphatic carbocycles. The average molecular weight is 580 g/mol. The number of carbonyl (C=O) groups is 1. The SMILES string of the molecule is CCOc1ccc(C2=C(c3ccc(C=C4CN(CCCF)C4)cc3)c3ccc(C(=O)O)cc3CCC2)cc1C(F)(F)F. The Morgan fingerprint density at radius 3 is 2.40 bits per heavy atom. The Hall–Kier alpha value is -3.91. The summed E-state index contributed by atoms with van der Waals surface area (Å²) in [5.41, 5.74) is 6.20. The predicted molar refractivity (Wildman–Crippen MR) is 156 cm³/mol. The van der Waals surface area contributed by atoms with Crippen LogP contribution in [-0.2, 0) is 12.6 Å². The first kappa shape index (κ1) is 29.6. The first-order chi connectivity index (χ1) is 20.2. The van der Waals surface area contributed by atoms with Gasteiger partial charge >= 0.3 is 12.1 Å². The number of fused-ring (bicyclic) bond motifs is 1. The van der Waals surface area contributed by atoms with Gasteiger partial charge in [0.05, 0.1) is 24.4 Å². The zero-order chi connectivity index (χ0) is 29.9. The van der Waals surface area contributed by atoms with Crippen LogP contribution in [0.2, 0.25) is 0 Å². The molecule has 1 N–H and O–H groups in total. The van der Waals surface area contributed by atoms with E-state index < -0.39 is 17.7 Å². The fourth-order valence-electron chi connectivity index (χ4n) is 5.80. The number of hydrogen-bond donors (Lipinski definition) is 1. The van der Waals surface area contributed by atoms with Crippen LogP contribution in [0.25, 0.3) is 17.2 Å². The van der Waals surface area contributed by atoms with Crippen LogP contribution in [0.1, 0.15) is 69.9 Å². The highest BCUT2D eigenvalue weighted by molar-refractivity contribution is 6.01. The van der Waals surface area contributed by atoms with E-state index in [2.05, 4.69) is 11.0 Å². The van der Waals surface area contributed by atoms with Gasteiger partial charge in [0.1, 0.15) is 5.75 Å². The van der Waals surface area contributed by atoms with E-state index in [1.165, 1.54) is 17.7 Å². The third-order valence-electron chi connectivity index (χ3n) is 7.76. The fraction of sp³-hybridized carbons (Fsp3) is 0.324. The molecule has 0 bridgehead atoms. The minimum atomic E-state index is -4.58. The largest absolute Gasteiger partial charge is 0.493 e. The van der Waals surface area contributed by atoms with Crippen LogP contribution in [0.4, 0.5) is 17.6 Å². The van der Waals surface area contributed by atoms with Gasteiger partial charge in [0, 0.05) is 19.6 Å². The Morgan fingerprint density at radius 1 is 1.00 bits per heavy atom. The van der Waals surface area contributed by atoms with E-state index in [0.29, 0.717) is 31.2 Å². The number of aryl methyl sites for hydroxylation is 1. The molecule has 5 rings (SSSR count). The quantitative estimate of drug-likeness (QED) is 0.260.